The Morgan fingerprint density at radius 3 is 3.06 bits per heavy atom. The molecular weight excluding hydrogens is 272 g/mol. The monoisotopic (exact) mass is 288 g/mol. The average Bonchev–Trinajstić information content (AvgIpc) is 2.40. The molecule has 6 heteroatoms. The summed E-state index contributed by atoms with van der Waals surface area (Å²) in [5.41, 5.74) is 0. The number of carbonyl (C=O) groups is 1. The SMILES string of the molecule is CCCNC(CSc1ncccc1Cl)C(=O)OC. The maximum absolute atomic E-state index is 11.6. The fourth-order valence-corrected chi connectivity index (χ4v) is 2.52. The van der Waals surface area contributed by atoms with Gasteiger partial charge in [0.2, 0.25) is 0 Å². The van der Waals surface area contributed by atoms with E-state index in [1.807, 2.05) is 6.92 Å². The van der Waals surface area contributed by atoms with Crippen LogP contribution in [0, 0.1) is 0 Å². The Labute approximate surface area is 116 Å². The molecule has 4 nitrogen and oxygen atoms in total. The summed E-state index contributed by atoms with van der Waals surface area (Å²) in [7, 11) is 1.39. The molecule has 0 bridgehead atoms. The van der Waals surface area contributed by atoms with Gasteiger partial charge < -0.3 is 10.1 Å². The molecule has 0 saturated carbocycles. The van der Waals surface area contributed by atoms with Crippen LogP contribution in [0.15, 0.2) is 23.4 Å². The van der Waals surface area contributed by atoms with Gasteiger partial charge in [-0.25, -0.2) is 4.98 Å². The lowest BCUT2D eigenvalue weighted by atomic mass is 10.3. The van der Waals surface area contributed by atoms with Crippen LogP contribution in [0.3, 0.4) is 0 Å². The first-order chi connectivity index (χ1) is 8.69. The molecule has 0 fully saturated rings. The molecule has 1 aromatic rings. The summed E-state index contributed by atoms with van der Waals surface area (Å²) in [5, 5.41) is 4.47. The van der Waals surface area contributed by atoms with Crippen LogP contribution >= 0.6 is 23.4 Å². The number of nitrogens with one attached hydrogen (secondary N) is 1. The van der Waals surface area contributed by atoms with Gasteiger partial charge in [-0.3, -0.25) is 4.79 Å². The van der Waals surface area contributed by atoms with Gasteiger partial charge in [-0.1, -0.05) is 18.5 Å². The standard InChI is InChI=1S/C12H17ClN2O2S/c1-3-6-14-10(12(16)17-2)8-18-11-9(13)5-4-7-15-11/h4-5,7,10,14H,3,6,8H2,1-2H3. The normalized spacial score (nSPS) is 12.2. The van der Waals surface area contributed by atoms with Gasteiger partial charge >= 0.3 is 5.97 Å². The van der Waals surface area contributed by atoms with Gasteiger partial charge in [-0.15, -0.1) is 11.8 Å². The highest BCUT2D eigenvalue weighted by Gasteiger charge is 2.19. The molecule has 0 aliphatic carbocycles. The minimum Gasteiger partial charge on any atom is -0.468 e. The summed E-state index contributed by atoms with van der Waals surface area (Å²) in [4.78, 5) is 15.7. The first-order valence-electron chi connectivity index (χ1n) is 5.73. The van der Waals surface area contributed by atoms with Gasteiger partial charge in [-0.2, -0.15) is 0 Å². The highest BCUT2D eigenvalue weighted by molar-refractivity contribution is 7.99. The van der Waals surface area contributed by atoms with E-state index in [9.17, 15) is 4.79 Å². The van der Waals surface area contributed by atoms with Gasteiger partial charge in [0.15, 0.2) is 0 Å². The minimum atomic E-state index is -0.335. The summed E-state index contributed by atoms with van der Waals surface area (Å²) in [6.07, 6.45) is 2.64. The van der Waals surface area contributed by atoms with Crippen LogP contribution < -0.4 is 5.32 Å². The highest BCUT2D eigenvalue weighted by atomic mass is 35.5. The molecule has 0 spiro atoms. The minimum absolute atomic E-state index is 0.261. The lowest BCUT2D eigenvalue weighted by molar-refractivity contribution is -0.142. The topological polar surface area (TPSA) is 51.2 Å². The third-order valence-corrected chi connectivity index (χ3v) is 3.75. The smallest absolute Gasteiger partial charge is 0.323 e. The molecule has 1 aromatic heterocycles. The summed E-state index contributed by atoms with van der Waals surface area (Å²) in [6.45, 7) is 2.82. The number of nitrogens with zero attached hydrogens (tertiary/aromatic N) is 1. The van der Waals surface area contributed by atoms with E-state index < -0.39 is 0 Å². The highest BCUT2D eigenvalue weighted by Crippen LogP contribution is 2.24. The zero-order valence-electron chi connectivity index (χ0n) is 10.5. The number of ether oxygens (including phenoxy) is 1. The number of rotatable bonds is 7. The van der Waals surface area contributed by atoms with Crippen molar-refractivity contribution in [3.63, 3.8) is 0 Å². The van der Waals surface area contributed by atoms with Crippen molar-refractivity contribution in [2.75, 3.05) is 19.4 Å². The number of aromatic nitrogens is 1. The third-order valence-electron chi connectivity index (χ3n) is 2.24. The molecule has 1 rings (SSSR count). The van der Waals surface area contributed by atoms with E-state index in [1.54, 1.807) is 18.3 Å². The van der Waals surface area contributed by atoms with Crippen molar-refractivity contribution in [2.45, 2.75) is 24.4 Å². The summed E-state index contributed by atoms with van der Waals surface area (Å²) in [5.74, 6) is 0.284. The van der Waals surface area contributed by atoms with E-state index in [0.29, 0.717) is 10.8 Å². The molecule has 1 N–H and O–H groups in total. The van der Waals surface area contributed by atoms with Crippen molar-refractivity contribution < 1.29 is 9.53 Å². The van der Waals surface area contributed by atoms with Crippen LogP contribution in [0.5, 0.6) is 0 Å². The number of esters is 1. The number of methoxy groups -OCH3 is 1. The average molecular weight is 289 g/mol. The van der Waals surface area contributed by atoms with Gasteiger partial charge in [0.25, 0.3) is 0 Å². The zero-order valence-corrected chi connectivity index (χ0v) is 12.1. The van der Waals surface area contributed by atoms with Crippen molar-refractivity contribution in [2.24, 2.45) is 0 Å². The van der Waals surface area contributed by atoms with E-state index >= 15 is 0 Å². The quantitative estimate of drug-likeness (QED) is 0.617. The van der Waals surface area contributed by atoms with Crippen molar-refractivity contribution in [3.8, 4) is 0 Å². The molecular formula is C12H17ClN2O2S. The Morgan fingerprint density at radius 1 is 1.67 bits per heavy atom. The Kier molecular flexibility index (Phi) is 7.08. The molecule has 0 radical (unpaired) electrons. The molecule has 1 unspecified atom stereocenters. The summed E-state index contributed by atoms with van der Waals surface area (Å²) in [6, 6.07) is 3.22. The number of hydrogen-bond donors (Lipinski definition) is 1. The Balaban J connectivity index is 2.56. The van der Waals surface area contributed by atoms with Gasteiger partial charge in [0, 0.05) is 11.9 Å². The van der Waals surface area contributed by atoms with Crippen LogP contribution in [0.25, 0.3) is 0 Å². The predicted octanol–water partition coefficient (Wildman–Crippen LogP) is 2.37. The molecule has 1 atom stereocenters. The van der Waals surface area contributed by atoms with Crippen LogP contribution in [-0.2, 0) is 9.53 Å². The van der Waals surface area contributed by atoms with E-state index in [2.05, 4.69) is 10.3 Å². The molecule has 0 saturated heterocycles. The van der Waals surface area contributed by atoms with E-state index in [0.717, 1.165) is 18.0 Å². The molecule has 0 aliphatic rings. The first-order valence-corrected chi connectivity index (χ1v) is 7.10. The third kappa shape index (κ3) is 4.84. The van der Waals surface area contributed by atoms with Crippen molar-refractivity contribution in [1.82, 2.24) is 10.3 Å². The second-order valence-corrected chi connectivity index (χ2v) is 5.05. The van der Waals surface area contributed by atoms with Crippen LogP contribution in [0.4, 0.5) is 0 Å². The molecule has 100 valence electrons. The molecule has 0 aliphatic heterocycles. The van der Waals surface area contributed by atoms with E-state index in [-0.39, 0.29) is 12.0 Å². The van der Waals surface area contributed by atoms with Crippen molar-refractivity contribution >= 4 is 29.3 Å². The Morgan fingerprint density at radius 2 is 2.44 bits per heavy atom. The fourth-order valence-electron chi connectivity index (χ4n) is 1.31. The number of carbonyl (C=O) groups excluding carboxylic acids is 1. The number of halogens is 1. The summed E-state index contributed by atoms with van der Waals surface area (Å²) < 4.78 is 4.76. The summed E-state index contributed by atoms with van der Waals surface area (Å²) >= 11 is 7.45. The lowest BCUT2D eigenvalue weighted by Crippen LogP contribution is -2.40. The second kappa shape index (κ2) is 8.34. The van der Waals surface area contributed by atoms with Crippen LogP contribution in [0.1, 0.15) is 13.3 Å². The first kappa shape index (κ1) is 15.3. The maximum Gasteiger partial charge on any atom is 0.323 e. The second-order valence-electron chi connectivity index (χ2n) is 3.63. The lowest BCUT2D eigenvalue weighted by Gasteiger charge is -2.15. The van der Waals surface area contributed by atoms with Crippen molar-refractivity contribution in [3.05, 3.63) is 23.4 Å². The Bertz CT molecular complexity index is 390. The van der Waals surface area contributed by atoms with Gasteiger partial charge in [0.05, 0.1) is 12.1 Å². The largest absolute Gasteiger partial charge is 0.468 e. The molecule has 18 heavy (non-hydrogen) atoms. The van der Waals surface area contributed by atoms with E-state index in [1.165, 1.54) is 18.9 Å². The molecule has 0 amide bonds. The van der Waals surface area contributed by atoms with Crippen LogP contribution in [0.2, 0.25) is 5.02 Å². The van der Waals surface area contributed by atoms with Gasteiger partial charge in [-0.05, 0) is 25.1 Å². The Hall–Kier alpha value is -0.780. The molecule has 0 aromatic carbocycles. The number of hydrogen-bond acceptors (Lipinski definition) is 5. The molecule has 1 heterocycles. The van der Waals surface area contributed by atoms with Crippen molar-refractivity contribution in [1.29, 1.82) is 0 Å². The fraction of sp³-hybridized carbons (Fsp3) is 0.500. The maximum atomic E-state index is 11.6. The van der Waals surface area contributed by atoms with Gasteiger partial charge in [0.1, 0.15) is 11.1 Å². The number of pyridine rings is 1. The van der Waals surface area contributed by atoms with Crippen LogP contribution in [-0.4, -0.2) is 36.4 Å². The number of thioether (sulfide) groups is 1. The predicted molar refractivity (Wildman–Crippen MR) is 74.1 cm³/mol. The zero-order chi connectivity index (χ0) is 13.4. The van der Waals surface area contributed by atoms with E-state index in [4.69, 9.17) is 16.3 Å².